The van der Waals surface area contributed by atoms with Gasteiger partial charge in [-0.15, -0.1) is 11.3 Å². The first-order valence-electron chi connectivity index (χ1n) is 6.08. The first-order valence-corrected chi connectivity index (χ1v) is 8.12. The fraction of sp³-hybridized carbons (Fsp3) is 0.667. The zero-order valence-corrected chi connectivity index (χ0v) is 12.2. The molecule has 4 nitrogen and oxygen atoms in total. The highest BCUT2D eigenvalue weighted by atomic mass is 32.2. The molecule has 1 aromatic heterocycles. The summed E-state index contributed by atoms with van der Waals surface area (Å²) in [5.41, 5.74) is -0.240. The molecule has 1 amide bonds. The minimum absolute atomic E-state index is 0.313. The smallest absolute Gasteiger partial charge is 0.258 e. The van der Waals surface area contributed by atoms with E-state index in [-0.39, 0.29) is 5.91 Å². The number of aliphatic hydroxyl groups is 1. The number of anilines is 1. The fourth-order valence-electron chi connectivity index (χ4n) is 1.76. The van der Waals surface area contributed by atoms with Gasteiger partial charge in [-0.3, -0.25) is 10.1 Å². The number of carbonyl (C=O) groups excluding carboxylic acids is 1. The van der Waals surface area contributed by atoms with Gasteiger partial charge in [0.1, 0.15) is 5.60 Å². The van der Waals surface area contributed by atoms with Crippen molar-refractivity contribution in [2.24, 2.45) is 0 Å². The van der Waals surface area contributed by atoms with Crippen molar-refractivity contribution < 1.29 is 9.90 Å². The second-order valence-corrected chi connectivity index (χ2v) is 6.91. The van der Waals surface area contributed by atoms with Crippen molar-refractivity contribution in [1.82, 2.24) is 4.98 Å². The standard InChI is InChI=1S/C12H18N2O2S2/c1-8(2)9-7-18-11(13-9)14-10(15)12(16)3-5-17-6-4-12/h7-8,16H,3-6H2,1-2H3,(H,13,14,15). The van der Waals surface area contributed by atoms with Crippen LogP contribution >= 0.6 is 23.1 Å². The summed E-state index contributed by atoms with van der Waals surface area (Å²) in [7, 11) is 0. The summed E-state index contributed by atoms with van der Waals surface area (Å²) in [6.45, 7) is 4.12. The molecule has 1 fully saturated rings. The largest absolute Gasteiger partial charge is 0.380 e. The molecular formula is C12H18N2O2S2. The number of thioether (sulfide) groups is 1. The number of nitrogens with one attached hydrogen (secondary N) is 1. The molecule has 2 rings (SSSR count). The summed E-state index contributed by atoms with van der Waals surface area (Å²) in [6.07, 6.45) is 1.04. The van der Waals surface area contributed by atoms with Crippen LogP contribution in [0.2, 0.25) is 0 Å². The highest BCUT2D eigenvalue weighted by molar-refractivity contribution is 7.99. The van der Waals surface area contributed by atoms with Crippen molar-refractivity contribution in [3.05, 3.63) is 11.1 Å². The maximum Gasteiger partial charge on any atom is 0.258 e. The monoisotopic (exact) mass is 286 g/mol. The lowest BCUT2D eigenvalue weighted by atomic mass is 9.96. The Bertz CT molecular complexity index is 425. The van der Waals surface area contributed by atoms with Crippen LogP contribution in [0.3, 0.4) is 0 Å². The molecule has 1 saturated heterocycles. The first-order chi connectivity index (χ1) is 8.51. The number of hydrogen-bond donors (Lipinski definition) is 2. The van der Waals surface area contributed by atoms with Gasteiger partial charge < -0.3 is 5.11 Å². The Hall–Kier alpha value is -0.590. The molecule has 0 radical (unpaired) electrons. The number of aromatic nitrogens is 1. The molecule has 0 spiro atoms. The number of thiazole rings is 1. The molecule has 0 aliphatic carbocycles. The van der Waals surface area contributed by atoms with Gasteiger partial charge >= 0.3 is 0 Å². The Labute approximate surface area is 115 Å². The lowest BCUT2D eigenvalue weighted by molar-refractivity contribution is -0.134. The molecule has 2 N–H and O–H groups in total. The van der Waals surface area contributed by atoms with E-state index in [1.54, 1.807) is 11.8 Å². The van der Waals surface area contributed by atoms with E-state index in [0.29, 0.717) is 23.9 Å². The van der Waals surface area contributed by atoms with Gasteiger partial charge in [0, 0.05) is 5.38 Å². The van der Waals surface area contributed by atoms with Gasteiger partial charge in [0.05, 0.1) is 5.69 Å². The normalized spacial score (nSPS) is 18.9. The number of carbonyl (C=O) groups is 1. The third-order valence-corrected chi connectivity index (χ3v) is 4.84. The highest BCUT2D eigenvalue weighted by Gasteiger charge is 2.37. The van der Waals surface area contributed by atoms with E-state index in [0.717, 1.165) is 17.2 Å². The van der Waals surface area contributed by atoms with Gasteiger partial charge in [0.15, 0.2) is 5.13 Å². The van der Waals surface area contributed by atoms with Crippen molar-refractivity contribution in [3.8, 4) is 0 Å². The van der Waals surface area contributed by atoms with Crippen LogP contribution in [0.4, 0.5) is 5.13 Å². The molecule has 1 aliphatic rings. The van der Waals surface area contributed by atoms with E-state index in [4.69, 9.17) is 0 Å². The summed E-state index contributed by atoms with van der Waals surface area (Å²) in [5.74, 6) is 1.70. The van der Waals surface area contributed by atoms with Crippen LogP contribution in [0.1, 0.15) is 38.3 Å². The van der Waals surface area contributed by atoms with Crippen molar-refractivity contribution in [2.45, 2.75) is 38.2 Å². The van der Waals surface area contributed by atoms with Crippen LogP contribution in [0.15, 0.2) is 5.38 Å². The van der Waals surface area contributed by atoms with Crippen LogP contribution in [0, 0.1) is 0 Å². The second-order valence-electron chi connectivity index (χ2n) is 4.83. The third-order valence-electron chi connectivity index (χ3n) is 3.08. The van der Waals surface area contributed by atoms with E-state index >= 15 is 0 Å². The van der Waals surface area contributed by atoms with Gasteiger partial charge in [0.2, 0.25) is 0 Å². The molecule has 18 heavy (non-hydrogen) atoms. The molecule has 0 atom stereocenters. The Morgan fingerprint density at radius 2 is 2.17 bits per heavy atom. The molecule has 0 aromatic carbocycles. The zero-order valence-electron chi connectivity index (χ0n) is 10.6. The van der Waals surface area contributed by atoms with E-state index in [2.05, 4.69) is 24.1 Å². The average molecular weight is 286 g/mol. The van der Waals surface area contributed by atoms with Crippen LogP contribution in [0.5, 0.6) is 0 Å². The number of nitrogens with zero attached hydrogens (tertiary/aromatic N) is 1. The number of rotatable bonds is 3. The van der Waals surface area contributed by atoms with Crippen LogP contribution in [-0.4, -0.2) is 33.1 Å². The van der Waals surface area contributed by atoms with Crippen LogP contribution in [0.25, 0.3) is 0 Å². The van der Waals surface area contributed by atoms with Gasteiger partial charge in [-0.05, 0) is 30.3 Å². The van der Waals surface area contributed by atoms with Crippen LogP contribution < -0.4 is 5.32 Å². The molecule has 1 aliphatic heterocycles. The molecule has 100 valence electrons. The van der Waals surface area contributed by atoms with E-state index < -0.39 is 5.60 Å². The second kappa shape index (κ2) is 5.59. The molecule has 1 aromatic rings. The lowest BCUT2D eigenvalue weighted by Gasteiger charge is -2.29. The molecule has 0 unspecified atom stereocenters. The van der Waals surface area contributed by atoms with Crippen molar-refractivity contribution in [2.75, 3.05) is 16.8 Å². The zero-order chi connectivity index (χ0) is 13.2. The Morgan fingerprint density at radius 3 is 2.72 bits per heavy atom. The van der Waals surface area contributed by atoms with Crippen molar-refractivity contribution in [1.29, 1.82) is 0 Å². The maximum absolute atomic E-state index is 12.1. The predicted molar refractivity (Wildman–Crippen MR) is 76.3 cm³/mol. The topological polar surface area (TPSA) is 62.2 Å². The van der Waals surface area contributed by atoms with Gasteiger partial charge in [-0.2, -0.15) is 11.8 Å². The Morgan fingerprint density at radius 1 is 1.50 bits per heavy atom. The Balaban J connectivity index is 2.01. The number of amides is 1. The van der Waals surface area contributed by atoms with Gasteiger partial charge in [-0.1, -0.05) is 13.8 Å². The highest BCUT2D eigenvalue weighted by Crippen LogP contribution is 2.29. The quantitative estimate of drug-likeness (QED) is 0.896. The Kier molecular flexibility index (Phi) is 4.29. The molecular weight excluding hydrogens is 268 g/mol. The molecule has 0 saturated carbocycles. The lowest BCUT2D eigenvalue weighted by Crippen LogP contribution is -2.45. The van der Waals surface area contributed by atoms with Gasteiger partial charge in [0.25, 0.3) is 5.91 Å². The summed E-state index contributed by atoms with van der Waals surface area (Å²) in [4.78, 5) is 16.4. The minimum Gasteiger partial charge on any atom is -0.380 e. The predicted octanol–water partition coefficient (Wildman–Crippen LogP) is 2.46. The average Bonchev–Trinajstić information content (AvgIpc) is 2.78. The summed E-state index contributed by atoms with van der Waals surface area (Å²) in [5, 5.41) is 15.5. The fourth-order valence-corrected chi connectivity index (χ4v) is 3.79. The van der Waals surface area contributed by atoms with E-state index in [1.807, 2.05) is 5.38 Å². The third kappa shape index (κ3) is 3.05. The summed E-state index contributed by atoms with van der Waals surface area (Å²) in [6, 6.07) is 0. The maximum atomic E-state index is 12.1. The minimum atomic E-state index is -1.21. The van der Waals surface area contributed by atoms with E-state index in [1.165, 1.54) is 11.3 Å². The van der Waals surface area contributed by atoms with Crippen LogP contribution in [-0.2, 0) is 4.79 Å². The van der Waals surface area contributed by atoms with Crippen molar-refractivity contribution >= 4 is 34.1 Å². The first kappa shape index (κ1) is 13.8. The van der Waals surface area contributed by atoms with Gasteiger partial charge in [-0.25, -0.2) is 4.98 Å². The summed E-state index contributed by atoms with van der Waals surface area (Å²) < 4.78 is 0. The summed E-state index contributed by atoms with van der Waals surface area (Å²) >= 11 is 3.19. The van der Waals surface area contributed by atoms with E-state index in [9.17, 15) is 9.90 Å². The van der Waals surface area contributed by atoms with Crippen molar-refractivity contribution in [3.63, 3.8) is 0 Å². The molecule has 2 heterocycles. The SMILES string of the molecule is CC(C)c1csc(NC(=O)C2(O)CCSCC2)n1. The molecule has 6 heteroatoms. The number of hydrogen-bond acceptors (Lipinski definition) is 5. The molecule has 0 bridgehead atoms.